The van der Waals surface area contributed by atoms with E-state index in [2.05, 4.69) is 10.3 Å². The predicted molar refractivity (Wildman–Crippen MR) is 88.9 cm³/mol. The maximum atomic E-state index is 12.0. The smallest absolute Gasteiger partial charge is 0.237 e. The van der Waals surface area contributed by atoms with Crippen molar-refractivity contribution in [3.8, 4) is 0 Å². The van der Waals surface area contributed by atoms with Gasteiger partial charge in [0.2, 0.25) is 5.91 Å². The molecule has 1 amide bonds. The van der Waals surface area contributed by atoms with E-state index in [0.717, 1.165) is 10.6 Å². The third-order valence-corrected chi connectivity index (χ3v) is 4.10. The fourth-order valence-electron chi connectivity index (χ4n) is 1.91. The van der Waals surface area contributed by atoms with E-state index in [1.807, 2.05) is 42.6 Å². The van der Waals surface area contributed by atoms with Gasteiger partial charge >= 0.3 is 0 Å². The number of rotatable bonds is 6. The summed E-state index contributed by atoms with van der Waals surface area (Å²) in [6.07, 6.45) is 2.33. The molecule has 2 aromatic rings. The van der Waals surface area contributed by atoms with Crippen LogP contribution in [0.4, 0.5) is 0 Å². The van der Waals surface area contributed by atoms with Crippen LogP contribution >= 0.6 is 23.7 Å². The standard InChI is InChI=1S/C15H19N3OS.ClH/c1-11(15-17-7-8-20-15)10-18-14(19)13(16)9-12-5-3-2-4-6-12;/h2-8,11,13H,9-10,16H2,1H3,(H,18,19);1H. The van der Waals surface area contributed by atoms with Gasteiger partial charge in [-0.3, -0.25) is 4.79 Å². The molecule has 0 bridgehead atoms. The van der Waals surface area contributed by atoms with Gasteiger partial charge in [0.05, 0.1) is 11.0 Å². The van der Waals surface area contributed by atoms with Crippen LogP contribution in [0.3, 0.4) is 0 Å². The number of benzene rings is 1. The molecule has 0 radical (unpaired) electrons. The third kappa shape index (κ3) is 5.46. The summed E-state index contributed by atoms with van der Waals surface area (Å²) in [6.45, 7) is 2.61. The van der Waals surface area contributed by atoms with E-state index in [0.29, 0.717) is 13.0 Å². The number of hydrogen-bond acceptors (Lipinski definition) is 4. The zero-order valence-electron chi connectivity index (χ0n) is 11.9. The molecule has 1 aromatic carbocycles. The molecule has 21 heavy (non-hydrogen) atoms. The number of halogens is 1. The summed E-state index contributed by atoms with van der Waals surface area (Å²) in [4.78, 5) is 16.2. The molecule has 0 aliphatic rings. The van der Waals surface area contributed by atoms with Crippen LogP contribution in [-0.4, -0.2) is 23.5 Å². The largest absolute Gasteiger partial charge is 0.354 e. The number of nitrogens with zero attached hydrogens (tertiary/aromatic N) is 1. The predicted octanol–water partition coefficient (Wildman–Crippen LogP) is 2.35. The average Bonchev–Trinajstić information content (AvgIpc) is 2.99. The highest BCUT2D eigenvalue weighted by Gasteiger charge is 2.16. The number of carbonyl (C=O) groups excluding carboxylic acids is 1. The van der Waals surface area contributed by atoms with Gasteiger partial charge in [0, 0.05) is 24.0 Å². The van der Waals surface area contributed by atoms with Crippen molar-refractivity contribution in [1.82, 2.24) is 10.3 Å². The first-order valence-corrected chi connectivity index (χ1v) is 7.51. The second-order valence-electron chi connectivity index (χ2n) is 4.81. The number of thiazole rings is 1. The van der Waals surface area contributed by atoms with Crippen molar-refractivity contribution in [3.63, 3.8) is 0 Å². The van der Waals surface area contributed by atoms with Crippen molar-refractivity contribution < 1.29 is 4.79 Å². The van der Waals surface area contributed by atoms with Crippen LogP contribution in [0.2, 0.25) is 0 Å². The van der Waals surface area contributed by atoms with E-state index in [4.69, 9.17) is 5.73 Å². The lowest BCUT2D eigenvalue weighted by Gasteiger charge is -2.14. The van der Waals surface area contributed by atoms with E-state index in [9.17, 15) is 4.79 Å². The second kappa shape index (κ2) is 8.77. The van der Waals surface area contributed by atoms with Gasteiger partial charge in [-0.25, -0.2) is 4.98 Å². The molecule has 2 atom stereocenters. The van der Waals surface area contributed by atoms with E-state index in [-0.39, 0.29) is 24.2 Å². The van der Waals surface area contributed by atoms with Crippen molar-refractivity contribution in [2.24, 2.45) is 5.73 Å². The lowest BCUT2D eigenvalue weighted by molar-refractivity contribution is -0.122. The first-order valence-electron chi connectivity index (χ1n) is 6.63. The first-order chi connectivity index (χ1) is 9.66. The van der Waals surface area contributed by atoms with Gasteiger partial charge in [0.15, 0.2) is 0 Å². The van der Waals surface area contributed by atoms with Crippen molar-refractivity contribution in [2.45, 2.75) is 25.3 Å². The maximum Gasteiger partial charge on any atom is 0.237 e. The summed E-state index contributed by atoms with van der Waals surface area (Å²) in [5.74, 6) is 0.0973. The van der Waals surface area contributed by atoms with E-state index < -0.39 is 6.04 Å². The number of aromatic nitrogens is 1. The molecule has 0 aliphatic heterocycles. The van der Waals surface area contributed by atoms with Gasteiger partial charge < -0.3 is 11.1 Å². The minimum Gasteiger partial charge on any atom is -0.354 e. The Morgan fingerprint density at radius 3 is 2.71 bits per heavy atom. The van der Waals surface area contributed by atoms with Crippen LogP contribution in [0.5, 0.6) is 0 Å². The van der Waals surface area contributed by atoms with Crippen LogP contribution in [0.15, 0.2) is 41.9 Å². The number of amides is 1. The van der Waals surface area contributed by atoms with E-state index in [1.165, 1.54) is 0 Å². The number of carbonyl (C=O) groups is 1. The van der Waals surface area contributed by atoms with Gasteiger partial charge in [0.1, 0.15) is 0 Å². The van der Waals surface area contributed by atoms with Crippen LogP contribution in [0.25, 0.3) is 0 Å². The molecule has 1 heterocycles. The SMILES string of the molecule is CC(CNC(=O)C(N)Cc1ccccc1)c1nccs1.Cl. The highest BCUT2D eigenvalue weighted by molar-refractivity contribution is 7.09. The molecule has 3 N–H and O–H groups in total. The Kier molecular flexibility index (Phi) is 7.36. The molecule has 114 valence electrons. The fraction of sp³-hybridized carbons (Fsp3) is 0.333. The summed E-state index contributed by atoms with van der Waals surface area (Å²) in [5, 5.41) is 5.86. The lowest BCUT2D eigenvalue weighted by atomic mass is 10.1. The third-order valence-electron chi connectivity index (χ3n) is 3.09. The summed E-state index contributed by atoms with van der Waals surface area (Å²) in [7, 11) is 0. The normalized spacial score (nSPS) is 13.0. The molecule has 6 heteroatoms. The van der Waals surface area contributed by atoms with Gasteiger partial charge in [-0.1, -0.05) is 37.3 Å². The van der Waals surface area contributed by atoms with Gasteiger partial charge in [-0.05, 0) is 12.0 Å². The van der Waals surface area contributed by atoms with Crippen LogP contribution in [-0.2, 0) is 11.2 Å². The van der Waals surface area contributed by atoms with E-state index >= 15 is 0 Å². The Labute approximate surface area is 135 Å². The Bertz CT molecular complexity index is 533. The van der Waals surface area contributed by atoms with Crippen LogP contribution in [0.1, 0.15) is 23.4 Å². The summed E-state index contributed by atoms with van der Waals surface area (Å²) in [6, 6.07) is 9.29. The minimum atomic E-state index is -0.513. The maximum absolute atomic E-state index is 12.0. The molecule has 0 spiro atoms. The molecule has 2 rings (SSSR count). The number of nitrogens with two attached hydrogens (primary N) is 1. The Hall–Kier alpha value is -1.43. The summed E-state index contributed by atoms with van der Waals surface area (Å²) in [5.41, 5.74) is 7.00. The van der Waals surface area contributed by atoms with Gasteiger partial charge in [-0.15, -0.1) is 23.7 Å². The average molecular weight is 326 g/mol. The molecule has 1 aromatic heterocycles. The summed E-state index contributed by atoms with van der Waals surface area (Å²) >= 11 is 1.60. The number of nitrogens with one attached hydrogen (secondary N) is 1. The quantitative estimate of drug-likeness (QED) is 0.856. The molecule has 0 saturated carbocycles. The first kappa shape index (κ1) is 17.6. The highest BCUT2D eigenvalue weighted by atomic mass is 35.5. The van der Waals surface area contributed by atoms with Crippen molar-refractivity contribution in [2.75, 3.05) is 6.54 Å². The van der Waals surface area contributed by atoms with Gasteiger partial charge in [0.25, 0.3) is 0 Å². The molecule has 0 fully saturated rings. The zero-order valence-corrected chi connectivity index (χ0v) is 13.5. The minimum absolute atomic E-state index is 0. The zero-order chi connectivity index (χ0) is 14.4. The Morgan fingerprint density at radius 1 is 1.38 bits per heavy atom. The number of hydrogen-bond donors (Lipinski definition) is 2. The van der Waals surface area contributed by atoms with Crippen molar-refractivity contribution in [1.29, 1.82) is 0 Å². The Balaban J connectivity index is 0.00000220. The summed E-state index contributed by atoms with van der Waals surface area (Å²) < 4.78 is 0. The molecular weight excluding hydrogens is 306 g/mol. The van der Waals surface area contributed by atoms with Crippen LogP contribution < -0.4 is 11.1 Å². The molecule has 2 unspecified atom stereocenters. The fourth-order valence-corrected chi connectivity index (χ4v) is 2.61. The molecule has 0 aliphatic carbocycles. The second-order valence-corrected chi connectivity index (χ2v) is 5.74. The molecular formula is C15H20ClN3OS. The topological polar surface area (TPSA) is 68.0 Å². The van der Waals surface area contributed by atoms with Crippen LogP contribution in [0, 0.1) is 0 Å². The van der Waals surface area contributed by atoms with Crippen molar-refractivity contribution >= 4 is 29.7 Å². The lowest BCUT2D eigenvalue weighted by Crippen LogP contribution is -2.43. The van der Waals surface area contributed by atoms with Gasteiger partial charge in [-0.2, -0.15) is 0 Å². The highest BCUT2D eigenvalue weighted by Crippen LogP contribution is 2.16. The van der Waals surface area contributed by atoms with Crippen molar-refractivity contribution in [3.05, 3.63) is 52.5 Å². The van der Waals surface area contributed by atoms with E-state index in [1.54, 1.807) is 17.5 Å². The molecule has 4 nitrogen and oxygen atoms in total. The molecule has 0 saturated heterocycles. The Morgan fingerprint density at radius 2 is 2.10 bits per heavy atom. The monoisotopic (exact) mass is 325 g/mol.